The van der Waals surface area contributed by atoms with Gasteiger partial charge in [0.25, 0.3) is 11.8 Å². The van der Waals surface area contributed by atoms with Crippen LogP contribution in [-0.4, -0.2) is 17.8 Å². The average Bonchev–Trinajstić information content (AvgIpc) is 2.60. The van der Waals surface area contributed by atoms with E-state index >= 15 is 0 Å². The third kappa shape index (κ3) is 3.71. The molecule has 0 atom stereocenters. The lowest BCUT2D eigenvalue weighted by atomic mass is 10.1. The van der Waals surface area contributed by atoms with Crippen molar-refractivity contribution in [3.8, 4) is 0 Å². The van der Waals surface area contributed by atoms with Crippen LogP contribution in [0.15, 0.2) is 54.1 Å². The minimum absolute atomic E-state index is 0.0321. The fourth-order valence-corrected chi connectivity index (χ4v) is 2.42. The van der Waals surface area contributed by atoms with Crippen molar-refractivity contribution in [2.45, 2.75) is 6.18 Å². The van der Waals surface area contributed by atoms with Crippen LogP contribution >= 0.6 is 0 Å². The van der Waals surface area contributed by atoms with Crippen molar-refractivity contribution in [3.05, 3.63) is 71.0 Å². The van der Waals surface area contributed by atoms with Crippen LogP contribution in [0.5, 0.6) is 0 Å². The normalized spacial score (nSPS) is 16.7. The molecule has 0 spiro atoms. The van der Waals surface area contributed by atoms with Gasteiger partial charge in [0.1, 0.15) is 11.4 Å². The molecule has 0 radical (unpaired) electrons. The summed E-state index contributed by atoms with van der Waals surface area (Å²) in [6, 6.07) is 7.21. The van der Waals surface area contributed by atoms with E-state index in [9.17, 15) is 31.9 Å². The van der Waals surface area contributed by atoms with Crippen molar-refractivity contribution < 1.29 is 31.9 Å². The Bertz CT molecular complexity index is 948. The highest BCUT2D eigenvalue weighted by molar-refractivity contribution is 6.39. The number of hydrogen-bond donors (Lipinski definition) is 1. The van der Waals surface area contributed by atoms with Gasteiger partial charge in [-0.05, 0) is 48.0 Å². The molecule has 138 valence electrons. The number of urea groups is 1. The first-order chi connectivity index (χ1) is 12.7. The summed E-state index contributed by atoms with van der Waals surface area (Å²) in [7, 11) is 0. The smallest absolute Gasteiger partial charge is 0.273 e. The lowest BCUT2D eigenvalue weighted by Gasteiger charge is -2.26. The zero-order valence-corrected chi connectivity index (χ0v) is 13.4. The predicted octanol–water partition coefficient (Wildman–Crippen LogP) is 3.51. The molecular formula is C18H10F4N2O3. The molecule has 0 aromatic heterocycles. The number of nitrogens with zero attached hydrogens (tertiary/aromatic N) is 1. The van der Waals surface area contributed by atoms with Gasteiger partial charge in [0, 0.05) is 0 Å². The molecule has 27 heavy (non-hydrogen) atoms. The van der Waals surface area contributed by atoms with E-state index < -0.39 is 41.0 Å². The maximum absolute atomic E-state index is 13.0. The number of alkyl halides is 3. The summed E-state index contributed by atoms with van der Waals surface area (Å²) < 4.78 is 50.9. The summed E-state index contributed by atoms with van der Waals surface area (Å²) in [6.07, 6.45) is -3.45. The van der Waals surface area contributed by atoms with Gasteiger partial charge in [-0.3, -0.25) is 14.9 Å². The molecule has 3 rings (SSSR count). The number of carbonyl (C=O) groups excluding carboxylic acids is 3. The van der Waals surface area contributed by atoms with Crippen molar-refractivity contribution in [2.24, 2.45) is 0 Å². The molecule has 2 aromatic carbocycles. The predicted molar refractivity (Wildman–Crippen MR) is 86.8 cm³/mol. The Labute approximate surface area is 149 Å². The first kappa shape index (κ1) is 18.3. The van der Waals surface area contributed by atoms with E-state index in [2.05, 4.69) is 0 Å². The SMILES string of the molecule is O=C1NC(=O)N(c2ccc(F)cc2)C(=O)/C1=C/c1ccc(C(F)(F)F)cc1. The number of rotatable bonds is 2. The zero-order chi connectivity index (χ0) is 19.8. The van der Waals surface area contributed by atoms with Gasteiger partial charge >= 0.3 is 12.2 Å². The van der Waals surface area contributed by atoms with Gasteiger partial charge < -0.3 is 0 Å². The number of amides is 4. The molecule has 0 unspecified atom stereocenters. The van der Waals surface area contributed by atoms with Crippen LogP contribution in [0.3, 0.4) is 0 Å². The van der Waals surface area contributed by atoms with Crippen LogP contribution in [0.25, 0.3) is 6.08 Å². The van der Waals surface area contributed by atoms with Crippen LogP contribution < -0.4 is 10.2 Å². The molecule has 1 aliphatic rings. The Kier molecular flexibility index (Phi) is 4.52. The molecule has 1 N–H and O–H groups in total. The van der Waals surface area contributed by atoms with Gasteiger partial charge in [-0.2, -0.15) is 13.2 Å². The second kappa shape index (κ2) is 6.67. The number of anilines is 1. The molecule has 1 saturated heterocycles. The van der Waals surface area contributed by atoms with E-state index in [0.29, 0.717) is 4.90 Å². The largest absolute Gasteiger partial charge is 0.416 e. The average molecular weight is 378 g/mol. The minimum atomic E-state index is -4.52. The van der Waals surface area contributed by atoms with Crippen molar-refractivity contribution in [3.63, 3.8) is 0 Å². The third-order valence-electron chi connectivity index (χ3n) is 3.74. The van der Waals surface area contributed by atoms with Crippen molar-refractivity contribution >= 4 is 29.6 Å². The number of carbonyl (C=O) groups is 3. The van der Waals surface area contributed by atoms with Crippen molar-refractivity contribution in [1.82, 2.24) is 5.32 Å². The van der Waals surface area contributed by atoms with Gasteiger partial charge in [0.2, 0.25) is 0 Å². The summed E-state index contributed by atoms with van der Waals surface area (Å²) in [4.78, 5) is 37.2. The van der Waals surface area contributed by atoms with E-state index in [1.54, 1.807) is 0 Å². The van der Waals surface area contributed by atoms with Gasteiger partial charge in [0.15, 0.2) is 0 Å². The summed E-state index contributed by atoms with van der Waals surface area (Å²) in [5.41, 5.74) is -1.13. The molecule has 0 saturated carbocycles. The Balaban J connectivity index is 1.95. The molecule has 1 fully saturated rings. The molecule has 9 heteroatoms. The highest BCUT2D eigenvalue weighted by atomic mass is 19.4. The monoisotopic (exact) mass is 378 g/mol. The highest BCUT2D eigenvalue weighted by Crippen LogP contribution is 2.29. The Morgan fingerprint density at radius 1 is 0.889 bits per heavy atom. The fraction of sp³-hybridized carbons (Fsp3) is 0.0556. The highest BCUT2D eigenvalue weighted by Gasteiger charge is 2.37. The minimum Gasteiger partial charge on any atom is -0.273 e. The second-order valence-corrected chi connectivity index (χ2v) is 5.55. The summed E-state index contributed by atoms with van der Waals surface area (Å²) >= 11 is 0. The maximum Gasteiger partial charge on any atom is 0.416 e. The number of benzene rings is 2. The van der Waals surface area contributed by atoms with Gasteiger partial charge in [0.05, 0.1) is 11.3 Å². The quantitative estimate of drug-likeness (QED) is 0.494. The van der Waals surface area contributed by atoms with E-state index in [0.717, 1.165) is 42.5 Å². The van der Waals surface area contributed by atoms with E-state index in [1.165, 1.54) is 12.1 Å². The van der Waals surface area contributed by atoms with Crippen LogP contribution in [0.2, 0.25) is 0 Å². The number of barbiturate groups is 1. The van der Waals surface area contributed by atoms with Crippen molar-refractivity contribution in [2.75, 3.05) is 4.90 Å². The second-order valence-electron chi connectivity index (χ2n) is 5.55. The summed E-state index contributed by atoms with van der Waals surface area (Å²) in [5.74, 6) is -2.54. The number of nitrogens with one attached hydrogen (secondary N) is 1. The molecule has 1 aliphatic heterocycles. The van der Waals surface area contributed by atoms with E-state index in [4.69, 9.17) is 0 Å². The number of imide groups is 2. The molecule has 0 aliphatic carbocycles. The van der Waals surface area contributed by atoms with Crippen LogP contribution in [0, 0.1) is 5.82 Å². The summed E-state index contributed by atoms with van der Waals surface area (Å²) in [6.45, 7) is 0. The van der Waals surface area contributed by atoms with E-state index in [-0.39, 0.29) is 11.3 Å². The Hall–Kier alpha value is -3.49. The van der Waals surface area contributed by atoms with Gasteiger partial charge in [-0.1, -0.05) is 12.1 Å². The topological polar surface area (TPSA) is 66.5 Å². The fourth-order valence-electron chi connectivity index (χ4n) is 2.42. The van der Waals surface area contributed by atoms with Gasteiger partial charge in [-0.15, -0.1) is 0 Å². The van der Waals surface area contributed by atoms with Gasteiger partial charge in [-0.25, -0.2) is 14.1 Å². The standard InChI is InChI=1S/C18H10F4N2O3/c19-12-5-7-13(8-6-12)24-16(26)14(15(25)23-17(24)27)9-10-1-3-11(4-2-10)18(20,21)22/h1-9H,(H,23,25,27)/b14-9+. The van der Waals surface area contributed by atoms with E-state index in [1.807, 2.05) is 5.32 Å². The van der Waals surface area contributed by atoms with Crippen molar-refractivity contribution in [1.29, 1.82) is 0 Å². The summed E-state index contributed by atoms with van der Waals surface area (Å²) in [5, 5.41) is 1.96. The lowest BCUT2D eigenvalue weighted by Crippen LogP contribution is -2.54. The van der Waals surface area contributed by atoms with Crippen LogP contribution in [-0.2, 0) is 15.8 Å². The maximum atomic E-state index is 13.0. The molecule has 0 bridgehead atoms. The zero-order valence-electron chi connectivity index (χ0n) is 13.4. The molecule has 1 heterocycles. The first-order valence-electron chi connectivity index (χ1n) is 7.51. The van der Waals surface area contributed by atoms with Crippen LogP contribution in [0.4, 0.5) is 28.0 Å². The first-order valence-corrected chi connectivity index (χ1v) is 7.51. The molecule has 2 aromatic rings. The number of halogens is 4. The third-order valence-corrected chi connectivity index (χ3v) is 3.74. The molecule has 4 amide bonds. The number of hydrogen-bond acceptors (Lipinski definition) is 3. The Morgan fingerprint density at radius 2 is 1.48 bits per heavy atom. The molecule has 5 nitrogen and oxygen atoms in total. The lowest BCUT2D eigenvalue weighted by molar-refractivity contribution is -0.137. The van der Waals surface area contributed by atoms with Crippen LogP contribution in [0.1, 0.15) is 11.1 Å². The Morgan fingerprint density at radius 3 is 2.04 bits per heavy atom. The molecular weight excluding hydrogens is 368 g/mol.